The number of benzene rings is 1. The number of hydrogen-bond donors (Lipinski definition) is 0. The fourth-order valence-electron chi connectivity index (χ4n) is 2.80. The van der Waals surface area contributed by atoms with E-state index in [0.717, 1.165) is 6.07 Å². The molecule has 2 rings (SSSR count). The molecule has 0 saturated heterocycles. The SMILES string of the molecule is C=C(C)C(=O)OC1(C)CCCc2cccc(C(F)(F)F)c21. The van der Waals surface area contributed by atoms with E-state index in [0.29, 0.717) is 24.8 Å². The topological polar surface area (TPSA) is 26.3 Å². The molecule has 0 spiro atoms. The zero-order valence-electron chi connectivity index (χ0n) is 12.0. The van der Waals surface area contributed by atoms with Gasteiger partial charge in [0, 0.05) is 11.1 Å². The molecule has 1 unspecified atom stereocenters. The quantitative estimate of drug-likeness (QED) is 0.598. The van der Waals surface area contributed by atoms with Crippen LogP contribution in [-0.4, -0.2) is 5.97 Å². The van der Waals surface area contributed by atoms with E-state index in [-0.39, 0.29) is 11.1 Å². The van der Waals surface area contributed by atoms with E-state index < -0.39 is 23.3 Å². The maximum Gasteiger partial charge on any atom is 0.416 e. The molecule has 114 valence electrons. The molecule has 0 aliphatic heterocycles. The van der Waals surface area contributed by atoms with Crippen molar-refractivity contribution < 1.29 is 22.7 Å². The van der Waals surface area contributed by atoms with Crippen LogP contribution in [0.2, 0.25) is 0 Å². The second-order valence-electron chi connectivity index (χ2n) is 5.59. The Hall–Kier alpha value is -1.78. The molecule has 1 aromatic rings. The van der Waals surface area contributed by atoms with Crippen molar-refractivity contribution in [3.63, 3.8) is 0 Å². The first-order valence-corrected chi connectivity index (χ1v) is 6.73. The Morgan fingerprint density at radius 2 is 2.05 bits per heavy atom. The fraction of sp³-hybridized carbons (Fsp3) is 0.438. The van der Waals surface area contributed by atoms with Gasteiger partial charge >= 0.3 is 12.1 Å². The van der Waals surface area contributed by atoms with Gasteiger partial charge in [-0.2, -0.15) is 13.2 Å². The summed E-state index contributed by atoms with van der Waals surface area (Å²) in [6.07, 6.45) is -2.88. The Morgan fingerprint density at radius 3 is 2.62 bits per heavy atom. The summed E-state index contributed by atoms with van der Waals surface area (Å²) in [5, 5.41) is 0. The average Bonchev–Trinajstić information content (AvgIpc) is 2.37. The number of fused-ring (bicyclic) bond motifs is 1. The first kappa shape index (κ1) is 15.6. The second kappa shape index (κ2) is 5.20. The van der Waals surface area contributed by atoms with E-state index in [9.17, 15) is 18.0 Å². The van der Waals surface area contributed by atoms with Crippen molar-refractivity contribution in [2.24, 2.45) is 0 Å². The van der Waals surface area contributed by atoms with E-state index in [1.807, 2.05) is 0 Å². The van der Waals surface area contributed by atoms with Crippen molar-refractivity contribution in [3.8, 4) is 0 Å². The number of rotatable bonds is 2. The van der Waals surface area contributed by atoms with E-state index in [2.05, 4.69) is 6.58 Å². The highest BCUT2D eigenvalue weighted by Crippen LogP contribution is 2.45. The molecule has 0 radical (unpaired) electrons. The summed E-state index contributed by atoms with van der Waals surface area (Å²) in [4.78, 5) is 11.8. The highest BCUT2D eigenvalue weighted by Gasteiger charge is 2.44. The van der Waals surface area contributed by atoms with Crippen molar-refractivity contribution in [1.29, 1.82) is 0 Å². The fourth-order valence-corrected chi connectivity index (χ4v) is 2.80. The van der Waals surface area contributed by atoms with Gasteiger partial charge in [-0.1, -0.05) is 18.7 Å². The van der Waals surface area contributed by atoms with Gasteiger partial charge in [0.1, 0.15) is 5.60 Å². The van der Waals surface area contributed by atoms with Crippen molar-refractivity contribution in [2.45, 2.75) is 44.9 Å². The monoisotopic (exact) mass is 298 g/mol. The summed E-state index contributed by atoms with van der Waals surface area (Å²) in [6.45, 7) is 6.50. The lowest BCUT2D eigenvalue weighted by atomic mass is 9.77. The van der Waals surface area contributed by atoms with Crippen LogP contribution in [0, 0.1) is 0 Å². The van der Waals surface area contributed by atoms with E-state index in [1.165, 1.54) is 13.0 Å². The summed E-state index contributed by atoms with van der Waals surface area (Å²) in [5.74, 6) is -0.665. The third-order valence-corrected chi connectivity index (χ3v) is 3.75. The van der Waals surface area contributed by atoms with E-state index >= 15 is 0 Å². The van der Waals surface area contributed by atoms with Crippen LogP contribution in [0.4, 0.5) is 13.2 Å². The minimum atomic E-state index is -4.47. The molecule has 1 aromatic carbocycles. The third kappa shape index (κ3) is 2.96. The summed E-state index contributed by atoms with van der Waals surface area (Å²) < 4.78 is 45.1. The van der Waals surface area contributed by atoms with Gasteiger partial charge in [-0.3, -0.25) is 0 Å². The summed E-state index contributed by atoms with van der Waals surface area (Å²) in [7, 11) is 0. The highest BCUT2D eigenvalue weighted by atomic mass is 19.4. The number of aryl methyl sites for hydroxylation is 1. The van der Waals surface area contributed by atoms with Crippen molar-refractivity contribution >= 4 is 5.97 Å². The predicted molar refractivity (Wildman–Crippen MR) is 72.6 cm³/mol. The number of halogens is 3. The third-order valence-electron chi connectivity index (χ3n) is 3.75. The largest absolute Gasteiger partial charge is 0.451 e. The predicted octanol–water partition coefficient (Wildman–Crippen LogP) is 4.38. The Kier molecular flexibility index (Phi) is 3.87. The minimum Gasteiger partial charge on any atom is -0.451 e. The van der Waals surface area contributed by atoms with Gasteiger partial charge < -0.3 is 4.74 Å². The van der Waals surface area contributed by atoms with Gasteiger partial charge in [-0.25, -0.2) is 4.79 Å². The van der Waals surface area contributed by atoms with Crippen LogP contribution >= 0.6 is 0 Å². The normalized spacial score (nSPS) is 21.6. The number of carbonyl (C=O) groups is 1. The van der Waals surface area contributed by atoms with E-state index in [4.69, 9.17) is 4.74 Å². The smallest absolute Gasteiger partial charge is 0.416 e. The molecule has 0 bridgehead atoms. The van der Waals surface area contributed by atoms with Crippen LogP contribution in [0.3, 0.4) is 0 Å². The molecule has 0 saturated carbocycles. The lowest BCUT2D eigenvalue weighted by Gasteiger charge is -2.37. The zero-order chi connectivity index (χ0) is 15.8. The maximum atomic E-state index is 13.3. The van der Waals surface area contributed by atoms with Crippen LogP contribution in [0.25, 0.3) is 0 Å². The lowest BCUT2D eigenvalue weighted by molar-refractivity contribution is -0.160. The van der Waals surface area contributed by atoms with E-state index in [1.54, 1.807) is 13.0 Å². The summed E-state index contributed by atoms with van der Waals surface area (Å²) in [6, 6.07) is 4.10. The number of alkyl halides is 3. The molecule has 1 aliphatic carbocycles. The Labute approximate surface area is 121 Å². The number of carbonyl (C=O) groups excluding carboxylic acids is 1. The first-order chi connectivity index (χ1) is 9.65. The zero-order valence-corrected chi connectivity index (χ0v) is 12.0. The van der Waals surface area contributed by atoms with Gasteiger partial charge in [0.25, 0.3) is 0 Å². The molecule has 0 N–H and O–H groups in total. The average molecular weight is 298 g/mol. The number of esters is 1. The molecule has 1 aliphatic rings. The van der Waals surface area contributed by atoms with Gasteiger partial charge in [0.2, 0.25) is 0 Å². The molecule has 0 heterocycles. The van der Waals surface area contributed by atoms with Gasteiger partial charge in [0.15, 0.2) is 0 Å². The minimum absolute atomic E-state index is 0.0818. The summed E-state index contributed by atoms with van der Waals surface area (Å²) >= 11 is 0. The molecule has 0 aromatic heterocycles. The highest BCUT2D eigenvalue weighted by molar-refractivity contribution is 5.87. The summed E-state index contributed by atoms with van der Waals surface area (Å²) in [5.41, 5.74) is -1.15. The van der Waals surface area contributed by atoms with Gasteiger partial charge in [0.05, 0.1) is 5.56 Å². The van der Waals surface area contributed by atoms with Crippen molar-refractivity contribution in [3.05, 3.63) is 47.0 Å². The first-order valence-electron chi connectivity index (χ1n) is 6.73. The second-order valence-corrected chi connectivity index (χ2v) is 5.59. The molecule has 21 heavy (non-hydrogen) atoms. The number of hydrogen-bond acceptors (Lipinski definition) is 2. The molecule has 2 nitrogen and oxygen atoms in total. The molecule has 0 amide bonds. The molecular weight excluding hydrogens is 281 g/mol. The molecule has 1 atom stereocenters. The van der Waals surface area contributed by atoms with Crippen LogP contribution in [0.5, 0.6) is 0 Å². The van der Waals surface area contributed by atoms with Gasteiger partial charge in [-0.15, -0.1) is 0 Å². The van der Waals surface area contributed by atoms with Crippen LogP contribution in [0.1, 0.15) is 43.4 Å². The standard InChI is InChI=1S/C16H17F3O2/c1-10(2)14(20)21-15(3)9-5-7-11-6-4-8-12(13(11)15)16(17,18)19/h4,6,8H,1,5,7,9H2,2-3H3. The Balaban J connectivity index is 2.56. The van der Waals surface area contributed by atoms with Crippen LogP contribution in [0.15, 0.2) is 30.4 Å². The van der Waals surface area contributed by atoms with Crippen molar-refractivity contribution in [2.75, 3.05) is 0 Å². The Bertz CT molecular complexity index is 590. The van der Waals surface area contributed by atoms with Crippen LogP contribution in [-0.2, 0) is 27.7 Å². The lowest BCUT2D eigenvalue weighted by Crippen LogP contribution is -2.36. The van der Waals surface area contributed by atoms with Crippen molar-refractivity contribution in [1.82, 2.24) is 0 Å². The number of ether oxygens (including phenoxy) is 1. The van der Waals surface area contributed by atoms with Crippen LogP contribution < -0.4 is 0 Å². The molecule has 0 fully saturated rings. The molecular formula is C16H17F3O2. The maximum absolute atomic E-state index is 13.3. The molecule has 5 heteroatoms. The Morgan fingerprint density at radius 1 is 1.38 bits per heavy atom. The van der Waals surface area contributed by atoms with Gasteiger partial charge in [-0.05, 0) is 44.7 Å².